The van der Waals surface area contributed by atoms with Gasteiger partial charge >= 0.3 is 0 Å². The molecule has 3 rings (SSSR count). The van der Waals surface area contributed by atoms with Gasteiger partial charge in [-0.3, -0.25) is 4.79 Å². The molecule has 116 valence electrons. The molecule has 1 aromatic carbocycles. The molecular formula is C17H20N2O2S. The number of rotatable bonds is 3. The zero-order chi connectivity index (χ0) is 15.7. The summed E-state index contributed by atoms with van der Waals surface area (Å²) in [6.45, 7) is 1.97. The fraction of sp³-hybridized carbons (Fsp3) is 0.353. The number of fused-ring (bicyclic) bond motifs is 1. The van der Waals surface area contributed by atoms with Gasteiger partial charge in [-0.05, 0) is 55.5 Å². The standard InChI is InChI=1S/C17H20N2O2S/c1-10-8-15(21-2)16(22-10)17(20)19-14-5-3-4-11-9-12(18)6-7-13(11)14/h6-9,14H,3-5,18H2,1-2H3,(H,19,20). The first-order valence-corrected chi connectivity index (χ1v) is 8.23. The highest BCUT2D eigenvalue weighted by Gasteiger charge is 2.24. The summed E-state index contributed by atoms with van der Waals surface area (Å²) in [5.74, 6) is 0.581. The van der Waals surface area contributed by atoms with Crippen LogP contribution in [0.4, 0.5) is 5.69 Å². The highest BCUT2D eigenvalue weighted by Crippen LogP contribution is 2.33. The number of carbonyl (C=O) groups excluding carboxylic acids is 1. The summed E-state index contributed by atoms with van der Waals surface area (Å²) in [5.41, 5.74) is 9.06. The van der Waals surface area contributed by atoms with Crippen molar-refractivity contribution in [2.45, 2.75) is 32.2 Å². The molecule has 0 aliphatic heterocycles. The first-order valence-electron chi connectivity index (χ1n) is 7.42. The van der Waals surface area contributed by atoms with Crippen LogP contribution in [0.2, 0.25) is 0 Å². The van der Waals surface area contributed by atoms with Crippen LogP contribution in [0, 0.1) is 6.92 Å². The van der Waals surface area contributed by atoms with E-state index >= 15 is 0 Å². The van der Waals surface area contributed by atoms with Gasteiger partial charge in [0, 0.05) is 10.6 Å². The minimum Gasteiger partial charge on any atom is -0.495 e. The maximum Gasteiger partial charge on any atom is 0.265 e. The molecule has 1 aliphatic carbocycles. The Balaban J connectivity index is 1.83. The molecule has 2 aromatic rings. The van der Waals surface area contributed by atoms with E-state index in [4.69, 9.17) is 10.5 Å². The number of nitrogen functional groups attached to an aromatic ring is 1. The molecule has 1 amide bonds. The molecule has 1 aromatic heterocycles. The quantitative estimate of drug-likeness (QED) is 0.852. The summed E-state index contributed by atoms with van der Waals surface area (Å²) >= 11 is 1.46. The van der Waals surface area contributed by atoms with E-state index in [1.165, 1.54) is 22.5 Å². The molecule has 0 bridgehead atoms. The Kier molecular flexibility index (Phi) is 4.07. The molecule has 1 atom stereocenters. The molecule has 1 aliphatic rings. The number of anilines is 1. The average Bonchev–Trinajstić information content (AvgIpc) is 2.88. The van der Waals surface area contributed by atoms with Crippen LogP contribution in [0.1, 0.15) is 44.6 Å². The van der Waals surface area contributed by atoms with Crippen molar-refractivity contribution in [2.24, 2.45) is 0 Å². The number of hydrogen-bond donors (Lipinski definition) is 2. The zero-order valence-electron chi connectivity index (χ0n) is 12.8. The van der Waals surface area contributed by atoms with E-state index < -0.39 is 0 Å². The van der Waals surface area contributed by atoms with E-state index in [9.17, 15) is 4.79 Å². The predicted molar refractivity (Wildman–Crippen MR) is 89.6 cm³/mol. The number of carbonyl (C=O) groups is 1. The topological polar surface area (TPSA) is 64.3 Å². The minimum atomic E-state index is -0.0652. The second-order valence-electron chi connectivity index (χ2n) is 5.63. The summed E-state index contributed by atoms with van der Waals surface area (Å²) < 4.78 is 5.29. The number of benzene rings is 1. The monoisotopic (exact) mass is 316 g/mol. The summed E-state index contributed by atoms with van der Waals surface area (Å²) in [4.78, 5) is 14.3. The normalized spacial score (nSPS) is 16.9. The van der Waals surface area contributed by atoms with Gasteiger partial charge in [-0.1, -0.05) is 6.07 Å². The Hall–Kier alpha value is -2.01. The molecule has 5 heteroatoms. The van der Waals surface area contributed by atoms with Crippen molar-refractivity contribution in [1.29, 1.82) is 0 Å². The smallest absolute Gasteiger partial charge is 0.265 e. The third kappa shape index (κ3) is 2.81. The lowest BCUT2D eigenvalue weighted by Crippen LogP contribution is -2.30. The number of nitrogens with two attached hydrogens (primary N) is 1. The zero-order valence-corrected chi connectivity index (χ0v) is 13.6. The van der Waals surface area contributed by atoms with Gasteiger partial charge in [0.1, 0.15) is 10.6 Å². The average molecular weight is 316 g/mol. The predicted octanol–water partition coefficient (Wildman–Crippen LogP) is 3.45. The van der Waals surface area contributed by atoms with Crippen LogP contribution in [0.5, 0.6) is 5.75 Å². The summed E-state index contributed by atoms with van der Waals surface area (Å²) in [6.07, 6.45) is 3.03. The van der Waals surface area contributed by atoms with E-state index in [0.717, 1.165) is 29.8 Å². The van der Waals surface area contributed by atoms with E-state index in [0.29, 0.717) is 10.6 Å². The number of nitrogens with one attached hydrogen (secondary N) is 1. The maximum atomic E-state index is 12.6. The van der Waals surface area contributed by atoms with Gasteiger partial charge in [-0.15, -0.1) is 11.3 Å². The third-order valence-corrected chi connectivity index (χ3v) is 5.06. The van der Waals surface area contributed by atoms with E-state index in [-0.39, 0.29) is 11.9 Å². The first-order chi connectivity index (χ1) is 10.6. The number of amides is 1. The molecule has 0 saturated heterocycles. The Morgan fingerprint density at radius 1 is 1.41 bits per heavy atom. The fourth-order valence-electron chi connectivity index (χ4n) is 3.01. The molecule has 0 spiro atoms. The van der Waals surface area contributed by atoms with Crippen LogP contribution in [-0.2, 0) is 6.42 Å². The molecule has 4 nitrogen and oxygen atoms in total. The Morgan fingerprint density at radius 2 is 2.23 bits per heavy atom. The highest BCUT2D eigenvalue weighted by molar-refractivity contribution is 7.14. The Morgan fingerprint density at radius 3 is 3.00 bits per heavy atom. The van der Waals surface area contributed by atoms with Gasteiger partial charge in [-0.2, -0.15) is 0 Å². The lowest BCUT2D eigenvalue weighted by atomic mass is 9.87. The van der Waals surface area contributed by atoms with Gasteiger partial charge in [0.2, 0.25) is 0 Å². The molecular weight excluding hydrogens is 296 g/mol. The van der Waals surface area contributed by atoms with Gasteiger partial charge in [0.15, 0.2) is 0 Å². The molecule has 22 heavy (non-hydrogen) atoms. The summed E-state index contributed by atoms with van der Waals surface area (Å²) in [6, 6.07) is 7.90. The molecule has 0 saturated carbocycles. The van der Waals surface area contributed by atoms with Crippen molar-refractivity contribution >= 4 is 22.9 Å². The van der Waals surface area contributed by atoms with Crippen molar-refractivity contribution in [1.82, 2.24) is 5.32 Å². The van der Waals surface area contributed by atoms with Crippen LogP contribution in [-0.4, -0.2) is 13.0 Å². The minimum absolute atomic E-state index is 0.0453. The van der Waals surface area contributed by atoms with Crippen molar-refractivity contribution < 1.29 is 9.53 Å². The number of ether oxygens (including phenoxy) is 1. The summed E-state index contributed by atoms with van der Waals surface area (Å²) in [7, 11) is 1.59. The van der Waals surface area contributed by atoms with Gasteiger partial charge in [0.05, 0.1) is 13.2 Å². The maximum absolute atomic E-state index is 12.6. The van der Waals surface area contributed by atoms with Gasteiger partial charge in [0.25, 0.3) is 5.91 Å². The lowest BCUT2D eigenvalue weighted by Gasteiger charge is -2.26. The first kappa shape index (κ1) is 14.9. The van der Waals surface area contributed by atoms with E-state index in [1.807, 2.05) is 31.2 Å². The van der Waals surface area contributed by atoms with Crippen LogP contribution in [0.3, 0.4) is 0 Å². The number of aryl methyl sites for hydroxylation is 2. The van der Waals surface area contributed by atoms with Crippen molar-refractivity contribution in [2.75, 3.05) is 12.8 Å². The second-order valence-corrected chi connectivity index (χ2v) is 6.89. The highest BCUT2D eigenvalue weighted by atomic mass is 32.1. The van der Waals surface area contributed by atoms with Crippen LogP contribution in [0.25, 0.3) is 0 Å². The molecule has 1 heterocycles. The SMILES string of the molecule is COc1cc(C)sc1C(=O)NC1CCCc2cc(N)ccc21. The van der Waals surface area contributed by atoms with Crippen molar-refractivity contribution in [3.63, 3.8) is 0 Å². The molecule has 0 fully saturated rings. The van der Waals surface area contributed by atoms with Gasteiger partial charge < -0.3 is 15.8 Å². The number of methoxy groups -OCH3 is 1. The molecule has 0 radical (unpaired) electrons. The number of hydrogen-bond acceptors (Lipinski definition) is 4. The lowest BCUT2D eigenvalue weighted by molar-refractivity contribution is 0.0934. The van der Waals surface area contributed by atoms with E-state index in [1.54, 1.807) is 7.11 Å². The van der Waals surface area contributed by atoms with Crippen LogP contribution < -0.4 is 15.8 Å². The Labute approximate surface area is 134 Å². The third-order valence-electron chi connectivity index (χ3n) is 4.03. The van der Waals surface area contributed by atoms with Crippen molar-refractivity contribution in [3.8, 4) is 5.75 Å². The molecule has 1 unspecified atom stereocenters. The van der Waals surface area contributed by atoms with Crippen LogP contribution >= 0.6 is 11.3 Å². The van der Waals surface area contributed by atoms with E-state index in [2.05, 4.69) is 5.32 Å². The Bertz CT molecular complexity index is 709. The number of thiophene rings is 1. The largest absolute Gasteiger partial charge is 0.495 e. The van der Waals surface area contributed by atoms with Crippen LogP contribution in [0.15, 0.2) is 24.3 Å². The van der Waals surface area contributed by atoms with Crippen molar-refractivity contribution in [3.05, 3.63) is 45.1 Å². The van der Waals surface area contributed by atoms with Gasteiger partial charge in [-0.25, -0.2) is 0 Å². The second kappa shape index (κ2) is 6.01. The summed E-state index contributed by atoms with van der Waals surface area (Å²) in [5, 5.41) is 3.15. The fourth-order valence-corrected chi connectivity index (χ4v) is 3.89. The molecule has 3 N–H and O–H groups in total.